The molecule has 4 nitrogen and oxygen atoms in total. The Morgan fingerprint density at radius 3 is 2.59 bits per heavy atom. The monoisotopic (exact) mass is 305 g/mol. The van der Waals surface area contributed by atoms with E-state index in [-0.39, 0.29) is 12.1 Å². The number of amides is 1. The Labute approximate surface area is 129 Å². The van der Waals surface area contributed by atoms with Crippen molar-refractivity contribution in [2.45, 2.75) is 33.3 Å². The molecule has 1 amide bonds. The van der Waals surface area contributed by atoms with Crippen LogP contribution >= 0.6 is 0 Å². The topological polar surface area (TPSA) is 62.5 Å². The van der Waals surface area contributed by atoms with Crippen LogP contribution in [-0.4, -0.2) is 17.6 Å². The summed E-state index contributed by atoms with van der Waals surface area (Å²) in [6, 6.07) is 5.79. The molecule has 0 bridgehead atoms. The van der Waals surface area contributed by atoms with Crippen molar-refractivity contribution in [2.24, 2.45) is 0 Å². The normalized spacial score (nSPS) is 13.7. The molecule has 0 spiro atoms. The van der Waals surface area contributed by atoms with Crippen molar-refractivity contribution < 1.29 is 18.7 Å². The van der Waals surface area contributed by atoms with Gasteiger partial charge in [0.25, 0.3) is 5.91 Å². The third-order valence-corrected chi connectivity index (χ3v) is 3.66. The summed E-state index contributed by atoms with van der Waals surface area (Å²) in [4.78, 5) is 12.2. The van der Waals surface area contributed by atoms with E-state index in [0.29, 0.717) is 22.6 Å². The van der Waals surface area contributed by atoms with E-state index in [1.165, 1.54) is 12.1 Å². The Balaban J connectivity index is 2.13. The van der Waals surface area contributed by atoms with Gasteiger partial charge in [0.15, 0.2) is 0 Å². The zero-order chi connectivity index (χ0) is 16.5. The molecule has 1 atom stereocenters. The highest BCUT2D eigenvalue weighted by Crippen LogP contribution is 2.26. The lowest BCUT2D eigenvalue weighted by molar-refractivity contribution is 0.0513. The summed E-state index contributed by atoms with van der Waals surface area (Å²) < 4.78 is 18.7. The Hall–Kier alpha value is -2.14. The highest BCUT2D eigenvalue weighted by atomic mass is 19.1. The Morgan fingerprint density at radius 2 is 2.00 bits per heavy atom. The smallest absolute Gasteiger partial charge is 0.251 e. The molecule has 0 fully saturated rings. The highest BCUT2D eigenvalue weighted by Gasteiger charge is 2.28. The molecule has 5 heteroatoms. The predicted octanol–water partition coefficient (Wildman–Crippen LogP) is 2.98. The van der Waals surface area contributed by atoms with Gasteiger partial charge in [0, 0.05) is 11.1 Å². The van der Waals surface area contributed by atoms with E-state index in [0.717, 1.165) is 0 Å². The van der Waals surface area contributed by atoms with Gasteiger partial charge in [-0.1, -0.05) is 6.07 Å². The molecule has 118 valence electrons. The number of furan rings is 1. The molecule has 1 aromatic carbocycles. The molecule has 0 aliphatic rings. The van der Waals surface area contributed by atoms with Crippen LogP contribution in [0.3, 0.4) is 0 Å². The number of hydrogen-bond donors (Lipinski definition) is 2. The van der Waals surface area contributed by atoms with Gasteiger partial charge >= 0.3 is 0 Å². The standard InChI is InChI=1S/C17H20FNO3/c1-10-5-6-13(18)8-14(10)16(20)19-9-17(4,21)15-7-11(2)22-12(15)3/h5-8,21H,9H2,1-4H3,(H,19,20). The minimum absolute atomic E-state index is 0.00159. The lowest BCUT2D eigenvalue weighted by Gasteiger charge is -2.23. The van der Waals surface area contributed by atoms with Crippen LogP contribution in [-0.2, 0) is 5.60 Å². The number of aryl methyl sites for hydroxylation is 3. The Morgan fingerprint density at radius 1 is 1.32 bits per heavy atom. The number of halogens is 1. The van der Waals surface area contributed by atoms with Crippen molar-refractivity contribution in [3.8, 4) is 0 Å². The van der Waals surface area contributed by atoms with Crippen molar-refractivity contribution in [3.63, 3.8) is 0 Å². The van der Waals surface area contributed by atoms with E-state index < -0.39 is 17.3 Å². The van der Waals surface area contributed by atoms with E-state index >= 15 is 0 Å². The largest absolute Gasteiger partial charge is 0.466 e. The average molecular weight is 305 g/mol. The minimum atomic E-state index is -1.27. The summed E-state index contributed by atoms with van der Waals surface area (Å²) in [7, 11) is 0. The van der Waals surface area contributed by atoms with Crippen LogP contribution in [0.5, 0.6) is 0 Å². The summed E-state index contributed by atoms with van der Waals surface area (Å²) >= 11 is 0. The molecule has 0 radical (unpaired) electrons. The second kappa shape index (κ2) is 5.93. The fraction of sp³-hybridized carbons (Fsp3) is 0.353. The molecule has 22 heavy (non-hydrogen) atoms. The van der Waals surface area contributed by atoms with Gasteiger partial charge in [0.05, 0.1) is 6.54 Å². The molecule has 1 unspecified atom stereocenters. The van der Waals surface area contributed by atoms with E-state index in [2.05, 4.69) is 5.32 Å². The first-order valence-electron chi connectivity index (χ1n) is 7.05. The lowest BCUT2D eigenvalue weighted by Crippen LogP contribution is -2.39. The van der Waals surface area contributed by atoms with Gasteiger partial charge in [-0.25, -0.2) is 4.39 Å². The molecule has 0 aliphatic heterocycles. The van der Waals surface area contributed by atoms with Crippen molar-refractivity contribution in [1.29, 1.82) is 0 Å². The van der Waals surface area contributed by atoms with Gasteiger partial charge < -0.3 is 14.8 Å². The van der Waals surface area contributed by atoms with Gasteiger partial charge in [-0.05, 0) is 51.5 Å². The van der Waals surface area contributed by atoms with E-state index in [1.54, 1.807) is 39.8 Å². The maximum absolute atomic E-state index is 13.3. The number of aliphatic hydroxyl groups is 1. The highest BCUT2D eigenvalue weighted by molar-refractivity contribution is 5.95. The molecule has 1 aromatic heterocycles. The summed E-state index contributed by atoms with van der Waals surface area (Å²) in [5.74, 6) is 0.415. The Kier molecular flexibility index (Phi) is 4.37. The maximum Gasteiger partial charge on any atom is 0.251 e. The van der Waals surface area contributed by atoms with Gasteiger partial charge in [0.2, 0.25) is 0 Å². The fourth-order valence-corrected chi connectivity index (χ4v) is 2.45. The van der Waals surface area contributed by atoms with E-state index in [9.17, 15) is 14.3 Å². The summed E-state index contributed by atoms with van der Waals surface area (Å²) in [5, 5.41) is 13.2. The molecular weight excluding hydrogens is 285 g/mol. The van der Waals surface area contributed by atoms with Crippen LogP contribution in [0.4, 0.5) is 4.39 Å². The molecule has 0 saturated carbocycles. The van der Waals surface area contributed by atoms with Crippen LogP contribution in [0.25, 0.3) is 0 Å². The van der Waals surface area contributed by atoms with Gasteiger partial charge in [-0.3, -0.25) is 4.79 Å². The third kappa shape index (κ3) is 3.36. The SMILES string of the molecule is Cc1cc(C(C)(O)CNC(=O)c2cc(F)ccc2C)c(C)o1. The minimum Gasteiger partial charge on any atom is -0.466 e. The predicted molar refractivity (Wildman–Crippen MR) is 81.2 cm³/mol. The molecule has 2 N–H and O–H groups in total. The average Bonchev–Trinajstić information content (AvgIpc) is 2.79. The number of hydrogen-bond acceptors (Lipinski definition) is 3. The third-order valence-electron chi connectivity index (χ3n) is 3.66. The van der Waals surface area contributed by atoms with Gasteiger partial charge in [-0.2, -0.15) is 0 Å². The molecule has 1 heterocycles. The van der Waals surface area contributed by atoms with Crippen molar-refractivity contribution in [3.05, 3.63) is 58.3 Å². The van der Waals surface area contributed by atoms with Crippen LogP contribution in [0.15, 0.2) is 28.7 Å². The second-order valence-electron chi connectivity index (χ2n) is 5.74. The fourth-order valence-electron chi connectivity index (χ4n) is 2.45. The van der Waals surface area contributed by atoms with E-state index in [4.69, 9.17) is 4.42 Å². The Bertz CT molecular complexity index is 704. The van der Waals surface area contributed by atoms with Crippen LogP contribution < -0.4 is 5.32 Å². The number of carbonyl (C=O) groups excluding carboxylic acids is 1. The molecule has 2 rings (SSSR count). The number of carbonyl (C=O) groups is 1. The second-order valence-corrected chi connectivity index (χ2v) is 5.74. The molecule has 0 saturated heterocycles. The first-order chi connectivity index (χ1) is 10.2. The zero-order valence-electron chi connectivity index (χ0n) is 13.2. The van der Waals surface area contributed by atoms with Crippen LogP contribution in [0, 0.1) is 26.6 Å². The van der Waals surface area contributed by atoms with Gasteiger partial charge in [0.1, 0.15) is 22.9 Å². The quantitative estimate of drug-likeness (QED) is 0.913. The summed E-state index contributed by atoms with van der Waals surface area (Å²) in [5.41, 5.74) is 0.296. The zero-order valence-corrected chi connectivity index (χ0v) is 13.2. The molecular formula is C17H20FNO3. The van der Waals surface area contributed by atoms with Gasteiger partial charge in [-0.15, -0.1) is 0 Å². The maximum atomic E-state index is 13.3. The van der Waals surface area contributed by atoms with Crippen molar-refractivity contribution >= 4 is 5.91 Å². The summed E-state index contributed by atoms with van der Waals surface area (Å²) in [6.07, 6.45) is 0. The van der Waals surface area contributed by atoms with Crippen LogP contribution in [0.1, 0.15) is 39.9 Å². The number of nitrogens with one attached hydrogen (secondary N) is 1. The molecule has 0 aliphatic carbocycles. The number of benzene rings is 1. The number of rotatable bonds is 4. The van der Waals surface area contributed by atoms with Crippen molar-refractivity contribution in [1.82, 2.24) is 5.32 Å². The first kappa shape index (κ1) is 16.2. The van der Waals surface area contributed by atoms with Crippen molar-refractivity contribution in [2.75, 3.05) is 6.54 Å². The van der Waals surface area contributed by atoms with E-state index in [1.807, 2.05) is 0 Å². The first-order valence-corrected chi connectivity index (χ1v) is 7.05. The summed E-state index contributed by atoms with van der Waals surface area (Å²) in [6.45, 7) is 6.89. The molecule has 2 aromatic rings. The van der Waals surface area contributed by atoms with Crippen LogP contribution in [0.2, 0.25) is 0 Å². The lowest BCUT2D eigenvalue weighted by atomic mass is 9.96.